The first kappa shape index (κ1) is 23.7. The molecule has 3 amide bonds. The van der Waals surface area contributed by atoms with Crippen molar-refractivity contribution in [1.29, 1.82) is 0 Å². The first-order valence-electron chi connectivity index (χ1n) is 12.0. The van der Waals surface area contributed by atoms with Crippen LogP contribution in [-0.2, 0) is 10.3 Å². The smallest absolute Gasteiger partial charge is 0.325 e. The molecule has 0 spiro atoms. The largest absolute Gasteiger partial charge is 0.486 e. The minimum atomic E-state index is -1.31. The highest BCUT2D eigenvalue weighted by molar-refractivity contribution is 6.11. The first-order valence-corrected chi connectivity index (χ1v) is 12.0. The van der Waals surface area contributed by atoms with Gasteiger partial charge in [-0.3, -0.25) is 14.5 Å². The third kappa shape index (κ3) is 3.82. The highest BCUT2D eigenvalue weighted by Crippen LogP contribution is 2.37. The number of aromatic nitrogens is 1. The molecule has 2 aliphatic rings. The van der Waals surface area contributed by atoms with Crippen molar-refractivity contribution in [3.63, 3.8) is 0 Å². The van der Waals surface area contributed by atoms with Crippen LogP contribution >= 0.6 is 0 Å². The van der Waals surface area contributed by atoms with E-state index in [1.807, 2.05) is 38.1 Å². The zero-order valence-corrected chi connectivity index (χ0v) is 20.8. The van der Waals surface area contributed by atoms with Gasteiger partial charge >= 0.3 is 6.03 Å². The predicted octanol–water partition coefficient (Wildman–Crippen LogP) is 4.14. The Kier molecular flexibility index (Phi) is 5.82. The van der Waals surface area contributed by atoms with Crippen LogP contribution in [-0.4, -0.2) is 46.9 Å². The number of amides is 3. The zero-order valence-electron chi connectivity index (χ0n) is 20.8. The summed E-state index contributed by atoms with van der Waals surface area (Å²) in [7, 11) is 0. The van der Waals surface area contributed by atoms with Crippen molar-refractivity contribution in [3.05, 3.63) is 82.7 Å². The maximum absolute atomic E-state index is 13.4. The molecule has 2 unspecified atom stereocenters. The number of urea groups is 1. The normalized spacial score (nSPS) is 19.8. The molecule has 1 aromatic heterocycles. The summed E-state index contributed by atoms with van der Waals surface area (Å²) < 4.78 is 13.3. The van der Waals surface area contributed by atoms with E-state index in [0.717, 1.165) is 21.9 Å². The van der Waals surface area contributed by atoms with Crippen molar-refractivity contribution in [1.82, 2.24) is 14.8 Å². The van der Waals surface area contributed by atoms with Gasteiger partial charge in [0.25, 0.3) is 5.91 Å². The third-order valence-corrected chi connectivity index (χ3v) is 7.15. The summed E-state index contributed by atoms with van der Waals surface area (Å²) in [4.78, 5) is 40.6. The lowest BCUT2D eigenvalue weighted by Gasteiger charge is -2.25. The number of Topliss-reactive ketones (excluding diaryl/α,β-unsaturated/α-hetero) is 1. The molecule has 0 radical (unpaired) electrons. The summed E-state index contributed by atoms with van der Waals surface area (Å²) in [6, 6.07) is 16.5. The van der Waals surface area contributed by atoms with Gasteiger partial charge in [-0.2, -0.15) is 0 Å². The quantitative estimate of drug-likeness (QED) is 0.417. The Balaban J connectivity index is 1.38. The molecule has 2 aliphatic heterocycles. The number of nitrogens with zero attached hydrogens (tertiary/aromatic N) is 2. The van der Waals surface area contributed by atoms with Gasteiger partial charge in [0, 0.05) is 17.0 Å². The number of carbonyl (C=O) groups is 3. The summed E-state index contributed by atoms with van der Waals surface area (Å²) in [6.07, 6.45) is 0. The number of benzene rings is 2. The van der Waals surface area contributed by atoms with Crippen LogP contribution in [0.1, 0.15) is 52.8 Å². The molecular formula is C28H29N3O5. The van der Waals surface area contributed by atoms with Gasteiger partial charge in [-0.25, -0.2) is 4.79 Å². The van der Waals surface area contributed by atoms with Crippen molar-refractivity contribution in [2.45, 2.75) is 39.3 Å². The fraction of sp³-hybridized carbons (Fsp3) is 0.321. The number of fused-ring (bicyclic) bond motifs is 1. The number of aryl methyl sites for hydroxylation is 1. The van der Waals surface area contributed by atoms with Gasteiger partial charge in [0.1, 0.15) is 18.8 Å². The molecule has 0 bridgehead atoms. The number of nitrogens with one attached hydrogen (secondary N) is 1. The first-order chi connectivity index (χ1) is 17.2. The molecule has 1 saturated heterocycles. The molecule has 8 nitrogen and oxygen atoms in total. The van der Waals surface area contributed by atoms with Crippen LogP contribution in [0.15, 0.2) is 54.6 Å². The Hall–Kier alpha value is -4.07. The number of imide groups is 1. The standard InChI is InChI=1S/C28H29N3O5/c1-17-14-22(19(3)31(17)18(2)20-8-6-5-7-9-20)23(32)16-30-26(33)28(4,29-27(30)34)21-10-11-24-25(15-21)36-13-12-35-24/h5-11,14-15,18H,12-13,16H2,1-4H3,(H,29,34). The van der Waals surface area contributed by atoms with Gasteiger partial charge in [0.05, 0.1) is 12.6 Å². The third-order valence-electron chi connectivity index (χ3n) is 7.15. The molecule has 2 atom stereocenters. The van der Waals surface area contributed by atoms with E-state index < -0.39 is 17.5 Å². The van der Waals surface area contributed by atoms with Crippen molar-refractivity contribution in [3.8, 4) is 11.5 Å². The lowest BCUT2D eigenvalue weighted by molar-refractivity contribution is -0.130. The predicted molar refractivity (Wildman–Crippen MR) is 134 cm³/mol. The number of carbonyl (C=O) groups excluding carboxylic acids is 3. The van der Waals surface area contributed by atoms with Gasteiger partial charge in [0.2, 0.25) is 0 Å². The Labute approximate surface area is 209 Å². The monoisotopic (exact) mass is 487 g/mol. The van der Waals surface area contributed by atoms with E-state index in [9.17, 15) is 14.4 Å². The number of rotatable bonds is 6. The highest BCUT2D eigenvalue weighted by atomic mass is 16.6. The second-order valence-electron chi connectivity index (χ2n) is 9.47. The average Bonchev–Trinajstić information content (AvgIpc) is 3.30. The molecule has 0 aliphatic carbocycles. The van der Waals surface area contributed by atoms with Crippen molar-refractivity contribution in [2.75, 3.05) is 19.8 Å². The summed E-state index contributed by atoms with van der Waals surface area (Å²) in [5.41, 5.74) is 2.62. The molecule has 1 fully saturated rings. The van der Waals surface area contributed by atoms with Crippen LogP contribution in [0.2, 0.25) is 0 Å². The molecule has 3 aromatic rings. The average molecular weight is 488 g/mol. The number of hydrogen-bond donors (Lipinski definition) is 1. The van der Waals surface area contributed by atoms with E-state index in [-0.39, 0.29) is 18.4 Å². The zero-order chi connectivity index (χ0) is 25.6. The Morgan fingerprint density at radius 3 is 2.44 bits per heavy atom. The van der Waals surface area contributed by atoms with Crippen molar-refractivity contribution < 1.29 is 23.9 Å². The molecule has 5 rings (SSSR count). The van der Waals surface area contributed by atoms with Gasteiger partial charge in [0.15, 0.2) is 17.3 Å². The summed E-state index contributed by atoms with van der Waals surface area (Å²) in [5.74, 6) is 0.350. The minimum Gasteiger partial charge on any atom is -0.486 e. The van der Waals surface area contributed by atoms with E-state index in [2.05, 4.69) is 28.9 Å². The van der Waals surface area contributed by atoms with E-state index >= 15 is 0 Å². The summed E-state index contributed by atoms with van der Waals surface area (Å²) >= 11 is 0. The Bertz CT molecular complexity index is 1360. The van der Waals surface area contributed by atoms with Crippen LogP contribution < -0.4 is 14.8 Å². The van der Waals surface area contributed by atoms with Crippen LogP contribution in [0.4, 0.5) is 4.79 Å². The Morgan fingerprint density at radius 1 is 1.03 bits per heavy atom. The van der Waals surface area contributed by atoms with E-state index in [0.29, 0.717) is 35.8 Å². The molecule has 0 saturated carbocycles. The van der Waals surface area contributed by atoms with Crippen molar-refractivity contribution >= 4 is 17.7 Å². The maximum atomic E-state index is 13.4. The Morgan fingerprint density at radius 2 is 1.72 bits per heavy atom. The van der Waals surface area contributed by atoms with Crippen LogP contribution in [0.5, 0.6) is 11.5 Å². The maximum Gasteiger partial charge on any atom is 0.325 e. The summed E-state index contributed by atoms with van der Waals surface area (Å²) in [5, 5.41) is 2.76. The van der Waals surface area contributed by atoms with E-state index in [1.165, 1.54) is 0 Å². The molecule has 3 heterocycles. The highest BCUT2D eigenvalue weighted by Gasteiger charge is 2.50. The summed E-state index contributed by atoms with van der Waals surface area (Å²) in [6.45, 7) is 8.10. The fourth-order valence-corrected chi connectivity index (χ4v) is 5.16. The van der Waals surface area contributed by atoms with E-state index in [4.69, 9.17) is 9.47 Å². The van der Waals surface area contributed by atoms with Gasteiger partial charge in [-0.15, -0.1) is 0 Å². The lowest BCUT2D eigenvalue weighted by atomic mass is 9.91. The SMILES string of the molecule is Cc1cc(C(=O)CN2C(=O)NC(C)(c3ccc4c(c3)OCCO4)C2=O)c(C)n1C(C)c1ccccc1. The molecule has 36 heavy (non-hydrogen) atoms. The number of hydrogen-bond acceptors (Lipinski definition) is 5. The lowest BCUT2D eigenvalue weighted by Crippen LogP contribution is -2.41. The minimum absolute atomic E-state index is 0.0305. The van der Waals surface area contributed by atoms with E-state index in [1.54, 1.807) is 25.1 Å². The van der Waals surface area contributed by atoms with Gasteiger partial charge in [-0.1, -0.05) is 36.4 Å². The fourth-order valence-electron chi connectivity index (χ4n) is 5.16. The van der Waals surface area contributed by atoms with Crippen LogP contribution in [0.25, 0.3) is 0 Å². The number of ether oxygens (including phenoxy) is 2. The van der Waals surface area contributed by atoms with Crippen molar-refractivity contribution in [2.24, 2.45) is 0 Å². The van der Waals surface area contributed by atoms with Crippen LogP contribution in [0.3, 0.4) is 0 Å². The second kappa shape index (κ2) is 8.86. The molecule has 8 heteroatoms. The van der Waals surface area contributed by atoms with Gasteiger partial charge in [-0.05, 0) is 57.0 Å². The molecule has 1 N–H and O–H groups in total. The topological polar surface area (TPSA) is 89.9 Å². The second-order valence-corrected chi connectivity index (χ2v) is 9.47. The molecular weight excluding hydrogens is 458 g/mol. The van der Waals surface area contributed by atoms with Crippen LogP contribution in [0, 0.1) is 13.8 Å². The molecule has 186 valence electrons. The molecule has 2 aromatic carbocycles. The number of ketones is 1. The van der Waals surface area contributed by atoms with Gasteiger partial charge < -0.3 is 19.4 Å².